The minimum Gasteiger partial charge on any atom is -0.352 e. The Kier molecular flexibility index (Phi) is 12.1. The number of carbonyl (C=O) groups is 2. The Balaban J connectivity index is 1.62. The van der Waals surface area contributed by atoms with Crippen molar-refractivity contribution in [3.05, 3.63) is 130 Å². The maximum absolute atomic E-state index is 14.7. The SMILES string of the molecule is Cc1ccc(S(=O)(=O)N(CC(=O)N(Cc2ccccc2C)C(Cc2ccccc2)C(=O)NC2CCCCC2)c2ccc(Cl)c(C(F)(F)F)c2)cc1. The highest BCUT2D eigenvalue weighted by molar-refractivity contribution is 7.92. The Bertz CT molecular complexity index is 1930. The lowest BCUT2D eigenvalue weighted by atomic mass is 9.94. The fraction of sp³-hybridized carbons (Fsp3) is 0.333. The summed E-state index contributed by atoms with van der Waals surface area (Å²) in [5.41, 5.74) is 1.47. The van der Waals surface area contributed by atoms with Gasteiger partial charge in [-0.25, -0.2) is 8.42 Å². The minimum absolute atomic E-state index is 0.0477. The summed E-state index contributed by atoms with van der Waals surface area (Å²) in [6, 6.07) is 23.9. The molecule has 12 heteroatoms. The predicted molar refractivity (Wildman–Crippen MR) is 193 cm³/mol. The van der Waals surface area contributed by atoms with Crippen LogP contribution in [0.15, 0.2) is 102 Å². The molecule has 4 aromatic carbocycles. The lowest BCUT2D eigenvalue weighted by Gasteiger charge is -2.35. The van der Waals surface area contributed by atoms with Crippen molar-refractivity contribution in [2.45, 2.75) is 82.1 Å². The van der Waals surface area contributed by atoms with Crippen molar-refractivity contribution in [3.63, 3.8) is 0 Å². The zero-order valence-corrected chi connectivity index (χ0v) is 30.1. The second-order valence-corrected chi connectivity index (χ2v) is 15.3. The molecule has 0 bridgehead atoms. The lowest BCUT2D eigenvalue weighted by molar-refractivity contribution is -0.140. The molecular weight excluding hydrogens is 699 g/mol. The monoisotopic (exact) mass is 739 g/mol. The molecule has 0 saturated heterocycles. The van der Waals surface area contributed by atoms with Crippen molar-refractivity contribution in [2.75, 3.05) is 10.8 Å². The van der Waals surface area contributed by atoms with Crippen LogP contribution in [0, 0.1) is 13.8 Å². The molecule has 4 aromatic rings. The van der Waals surface area contributed by atoms with E-state index in [1.165, 1.54) is 17.0 Å². The van der Waals surface area contributed by atoms with Gasteiger partial charge in [-0.15, -0.1) is 0 Å². The second-order valence-electron chi connectivity index (χ2n) is 13.0. The molecular formula is C39H41ClF3N3O4S. The van der Waals surface area contributed by atoms with Crippen molar-refractivity contribution in [3.8, 4) is 0 Å². The molecule has 1 saturated carbocycles. The van der Waals surface area contributed by atoms with Gasteiger partial charge in [0.1, 0.15) is 12.6 Å². The Hall–Kier alpha value is -4.35. The number of sulfonamides is 1. The smallest absolute Gasteiger partial charge is 0.352 e. The van der Waals surface area contributed by atoms with Gasteiger partial charge in [-0.2, -0.15) is 13.2 Å². The van der Waals surface area contributed by atoms with E-state index in [1.54, 1.807) is 25.1 Å². The number of alkyl halides is 3. The number of anilines is 1. The number of hydrogen-bond donors (Lipinski definition) is 1. The first-order valence-corrected chi connectivity index (χ1v) is 18.7. The van der Waals surface area contributed by atoms with Crippen molar-refractivity contribution in [2.24, 2.45) is 0 Å². The van der Waals surface area contributed by atoms with E-state index in [1.807, 2.05) is 55.5 Å². The van der Waals surface area contributed by atoms with Gasteiger partial charge in [0.15, 0.2) is 0 Å². The highest BCUT2D eigenvalue weighted by Gasteiger charge is 2.38. The summed E-state index contributed by atoms with van der Waals surface area (Å²) in [4.78, 5) is 30.1. The standard InChI is InChI=1S/C39H41ClF3N3O4S/c1-27-17-20-33(21-18-27)51(49,50)46(32-19-22-35(40)34(24-32)39(41,42)43)26-37(47)45(25-30-14-10-9-11-28(30)2)36(23-29-12-5-3-6-13-29)38(48)44-31-15-7-4-8-16-31/h3,5-6,9-14,17-22,24,31,36H,4,7-8,15-16,23,25-26H2,1-2H3,(H,44,48). The van der Waals surface area contributed by atoms with Crippen LogP contribution >= 0.6 is 11.6 Å². The van der Waals surface area contributed by atoms with E-state index in [4.69, 9.17) is 11.6 Å². The predicted octanol–water partition coefficient (Wildman–Crippen LogP) is 8.26. The van der Waals surface area contributed by atoms with Gasteiger partial charge in [-0.3, -0.25) is 13.9 Å². The summed E-state index contributed by atoms with van der Waals surface area (Å²) in [6.45, 7) is 2.70. The first-order valence-electron chi connectivity index (χ1n) is 16.9. The fourth-order valence-electron chi connectivity index (χ4n) is 6.32. The van der Waals surface area contributed by atoms with Gasteiger partial charge in [0, 0.05) is 19.0 Å². The van der Waals surface area contributed by atoms with Crippen LogP contribution in [-0.4, -0.2) is 43.8 Å². The second kappa shape index (κ2) is 16.3. The first kappa shape index (κ1) is 37.9. The first-order chi connectivity index (χ1) is 24.2. The zero-order chi connectivity index (χ0) is 36.8. The van der Waals surface area contributed by atoms with Crippen molar-refractivity contribution in [1.82, 2.24) is 10.2 Å². The molecule has 0 spiro atoms. The molecule has 0 aliphatic heterocycles. The number of hydrogen-bond acceptors (Lipinski definition) is 4. The summed E-state index contributed by atoms with van der Waals surface area (Å²) in [6.07, 6.45) is -0.164. The Morgan fingerprint density at radius 2 is 1.53 bits per heavy atom. The minimum atomic E-state index is -4.90. The molecule has 1 atom stereocenters. The van der Waals surface area contributed by atoms with Gasteiger partial charge in [0.05, 0.1) is 21.2 Å². The number of benzene rings is 4. The van der Waals surface area contributed by atoms with Gasteiger partial charge >= 0.3 is 6.18 Å². The van der Waals surface area contributed by atoms with Gasteiger partial charge in [0.2, 0.25) is 11.8 Å². The van der Waals surface area contributed by atoms with Crippen LogP contribution in [-0.2, 0) is 38.8 Å². The van der Waals surface area contributed by atoms with E-state index in [9.17, 15) is 31.2 Å². The van der Waals surface area contributed by atoms with Crippen LogP contribution in [0.1, 0.15) is 59.9 Å². The molecule has 1 N–H and O–H groups in total. The molecule has 5 rings (SSSR count). The number of rotatable bonds is 12. The normalized spacial score (nSPS) is 14.5. The third kappa shape index (κ3) is 9.51. The summed E-state index contributed by atoms with van der Waals surface area (Å²) in [5.74, 6) is -1.15. The largest absolute Gasteiger partial charge is 0.417 e. The van der Waals surface area contributed by atoms with Gasteiger partial charge in [-0.05, 0) is 73.7 Å². The molecule has 0 radical (unpaired) electrons. The Morgan fingerprint density at radius 3 is 2.18 bits per heavy atom. The number of nitrogens with zero attached hydrogens (tertiary/aromatic N) is 2. The van der Waals surface area contributed by atoms with Crippen LogP contribution in [0.2, 0.25) is 5.02 Å². The maximum atomic E-state index is 14.7. The number of halogens is 4. The maximum Gasteiger partial charge on any atom is 0.417 e. The average Bonchev–Trinajstić information content (AvgIpc) is 3.10. The van der Waals surface area contributed by atoms with E-state index in [-0.39, 0.29) is 29.8 Å². The van der Waals surface area contributed by atoms with Gasteiger partial charge < -0.3 is 10.2 Å². The molecule has 1 unspecified atom stereocenters. The Morgan fingerprint density at radius 1 is 0.882 bits per heavy atom. The van der Waals surface area contributed by atoms with Crippen molar-refractivity contribution in [1.29, 1.82) is 0 Å². The zero-order valence-electron chi connectivity index (χ0n) is 28.5. The molecule has 1 fully saturated rings. The molecule has 270 valence electrons. The molecule has 0 heterocycles. The van der Waals surface area contributed by atoms with Crippen LogP contribution in [0.3, 0.4) is 0 Å². The quantitative estimate of drug-likeness (QED) is 0.159. The van der Waals surface area contributed by atoms with E-state index >= 15 is 0 Å². The third-order valence-electron chi connectivity index (χ3n) is 9.26. The lowest BCUT2D eigenvalue weighted by Crippen LogP contribution is -2.55. The third-order valence-corrected chi connectivity index (χ3v) is 11.4. The van der Waals surface area contributed by atoms with Crippen molar-refractivity contribution < 1.29 is 31.2 Å². The molecule has 1 aliphatic rings. The van der Waals surface area contributed by atoms with Crippen LogP contribution in [0.25, 0.3) is 0 Å². The highest BCUT2D eigenvalue weighted by Crippen LogP contribution is 2.38. The number of aryl methyl sites for hydroxylation is 2. The van der Waals surface area contributed by atoms with E-state index in [0.717, 1.165) is 66.5 Å². The molecule has 1 aliphatic carbocycles. The van der Waals surface area contributed by atoms with E-state index < -0.39 is 51.0 Å². The summed E-state index contributed by atoms with van der Waals surface area (Å²) in [7, 11) is -4.61. The van der Waals surface area contributed by atoms with Crippen LogP contribution < -0.4 is 9.62 Å². The van der Waals surface area contributed by atoms with Gasteiger partial charge in [0.25, 0.3) is 10.0 Å². The fourth-order valence-corrected chi connectivity index (χ4v) is 7.95. The van der Waals surface area contributed by atoms with Crippen LogP contribution in [0.4, 0.5) is 18.9 Å². The molecule has 7 nitrogen and oxygen atoms in total. The van der Waals surface area contributed by atoms with Gasteiger partial charge in [-0.1, -0.05) is 103 Å². The summed E-state index contributed by atoms with van der Waals surface area (Å²) < 4.78 is 71.4. The number of amides is 2. The van der Waals surface area contributed by atoms with E-state index in [2.05, 4.69) is 5.32 Å². The number of carbonyl (C=O) groups excluding carboxylic acids is 2. The molecule has 51 heavy (non-hydrogen) atoms. The molecule has 0 aromatic heterocycles. The summed E-state index contributed by atoms with van der Waals surface area (Å²) >= 11 is 5.92. The summed E-state index contributed by atoms with van der Waals surface area (Å²) in [5, 5.41) is 2.53. The molecule has 2 amide bonds. The average molecular weight is 740 g/mol. The topological polar surface area (TPSA) is 86.8 Å². The highest BCUT2D eigenvalue weighted by atomic mass is 35.5. The number of nitrogens with one attached hydrogen (secondary N) is 1. The van der Waals surface area contributed by atoms with Crippen LogP contribution in [0.5, 0.6) is 0 Å². The Labute approximate surface area is 302 Å². The van der Waals surface area contributed by atoms with Crippen molar-refractivity contribution >= 4 is 39.1 Å². The van der Waals surface area contributed by atoms with E-state index in [0.29, 0.717) is 10.4 Å².